The van der Waals surface area contributed by atoms with Crippen LogP contribution in [0.3, 0.4) is 0 Å². The molecule has 0 saturated carbocycles. The number of hydrogen-bond acceptors (Lipinski definition) is 5. The summed E-state index contributed by atoms with van der Waals surface area (Å²) < 4.78 is 10.4. The molecule has 0 N–H and O–H groups in total. The first-order valence-corrected chi connectivity index (χ1v) is 10.3. The predicted molar refractivity (Wildman–Crippen MR) is 113 cm³/mol. The highest BCUT2D eigenvalue weighted by Crippen LogP contribution is 2.38. The fraction of sp³-hybridized carbons (Fsp3) is 0.333. The Morgan fingerprint density at radius 2 is 1.76 bits per heavy atom. The topological polar surface area (TPSA) is 59.8 Å². The van der Waals surface area contributed by atoms with E-state index in [4.69, 9.17) is 9.15 Å². The molecule has 5 rings (SSSR count). The molecule has 0 amide bonds. The highest BCUT2D eigenvalue weighted by atomic mass is 16.5. The molecule has 3 heterocycles. The van der Waals surface area contributed by atoms with Gasteiger partial charge in [0, 0.05) is 24.2 Å². The van der Waals surface area contributed by atoms with Crippen molar-refractivity contribution in [3.8, 4) is 11.1 Å². The van der Waals surface area contributed by atoms with Crippen LogP contribution in [0.2, 0.25) is 0 Å². The van der Waals surface area contributed by atoms with Gasteiger partial charge in [-0.2, -0.15) is 0 Å². The van der Waals surface area contributed by atoms with Gasteiger partial charge in [-0.3, -0.25) is 0 Å². The van der Waals surface area contributed by atoms with Crippen molar-refractivity contribution >= 4 is 22.6 Å². The Morgan fingerprint density at radius 1 is 1.03 bits per heavy atom. The standard InChI is InChI=1S/C24H23NO4/c1-2-28-23(26)20-13-16-8-7-15(14-21(16)29-24(20)27)19-11-17-5-3-9-25-10-4-6-18(12-19)22(17)25/h7-8,11-14H,2-6,9-10H2,1H3. The molecule has 2 aliphatic heterocycles. The molecule has 29 heavy (non-hydrogen) atoms. The molecule has 0 radical (unpaired) electrons. The fourth-order valence-electron chi connectivity index (χ4n) is 4.61. The number of carbonyl (C=O) groups is 1. The Bertz CT molecular complexity index is 1150. The molecule has 5 heteroatoms. The smallest absolute Gasteiger partial charge is 0.351 e. The Morgan fingerprint density at radius 3 is 2.45 bits per heavy atom. The van der Waals surface area contributed by atoms with Gasteiger partial charge >= 0.3 is 11.6 Å². The third-order valence-electron chi connectivity index (χ3n) is 5.90. The quantitative estimate of drug-likeness (QED) is 0.493. The van der Waals surface area contributed by atoms with E-state index in [0.29, 0.717) is 11.0 Å². The van der Waals surface area contributed by atoms with Crippen LogP contribution in [0, 0.1) is 0 Å². The Kier molecular flexibility index (Phi) is 4.38. The van der Waals surface area contributed by atoms with Crippen LogP contribution in [0.5, 0.6) is 0 Å². The third-order valence-corrected chi connectivity index (χ3v) is 5.90. The van der Waals surface area contributed by atoms with Gasteiger partial charge in [0.2, 0.25) is 0 Å². The molecule has 0 unspecified atom stereocenters. The minimum absolute atomic E-state index is 0.0644. The van der Waals surface area contributed by atoms with E-state index in [2.05, 4.69) is 17.0 Å². The van der Waals surface area contributed by atoms with Crippen molar-refractivity contribution in [1.29, 1.82) is 0 Å². The van der Waals surface area contributed by atoms with Gasteiger partial charge in [-0.05, 0) is 79.1 Å². The minimum atomic E-state index is -0.663. The van der Waals surface area contributed by atoms with Crippen molar-refractivity contribution < 1.29 is 13.9 Å². The average Bonchev–Trinajstić information content (AvgIpc) is 2.73. The molecule has 2 aromatic carbocycles. The fourth-order valence-corrected chi connectivity index (χ4v) is 4.61. The summed E-state index contributed by atoms with van der Waals surface area (Å²) in [5.74, 6) is -0.648. The molecule has 0 bridgehead atoms. The van der Waals surface area contributed by atoms with Crippen LogP contribution in [0.25, 0.3) is 22.1 Å². The average molecular weight is 389 g/mol. The lowest BCUT2D eigenvalue weighted by atomic mass is 9.88. The molecule has 0 atom stereocenters. The van der Waals surface area contributed by atoms with E-state index in [1.165, 1.54) is 29.7 Å². The van der Waals surface area contributed by atoms with Gasteiger partial charge in [0.15, 0.2) is 0 Å². The van der Waals surface area contributed by atoms with Gasteiger partial charge in [0.25, 0.3) is 0 Å². The number of esters is 1. The van der Waals surface area contributed by atoms with Crippen LogP contribution < -0.4 is 10.5 Å². The van der Waals surface area contributed by atoms with Gasteiger partial charge in [-0.15, -0.1) is 0 Å². The van der Waals surface area contributed by atoms with Crippen molar-refractivity contribution in [1.82, 2.24) is 0 Å². The van der Waals surface area contributed by atoms with E-state index >= 15 is 0 Å². The second kappa shape index (κ2) is 7.07. The number of nitrogens with zero attached hydrogens (tertiary/aromatic N) is 1. The van der Waals surface area contributed by atoms with E-state index in [-0.39, 0.29) is 12.2 Å². The highest BCUT2D eigenvalue weighted by Gasteiger charge is 2.24. The van der Waals surface area contributed by atoms with E-state index in [1.54, 1.807) is 13.0 Å². The highest BCUT2D eigenvalue weighted by molar-refractivity contribution is 5.93. The third kappa shape index (κ3) is 3.11. The van der Waals surface area contributed by atoms with Gasteiger partial charge < -0.3 is 14.1 Å². The van der Waals surface area contributed by atoms with Gasteiger partial charge in [-0.1, -0.05) is 12.1 Å². The molecule has 1 aromatic heterocycles. The zero-order valence-electron chi connectivity index (χ0n) is 16.5. The lowest BCUT2D eigenvalue weighted by Gasteiger charge is -2.37. The first-order valence-electron chi connectivity index (χ1n) is 10.3. The van der Waals surface area contributed by atoms with E-state index in [0.717, 1.165) is 37.1 Å². The Labute approximate surface area is 168 Å². The largest absolute Gasteiger partial charge is 0.462 e. The molecule has 148 valence electrons. The summed E-state index contributed by atoms with van der Waals surface area (Å²) in [4.78, 5) is 26.7. The summed E-state index contributed by atoms with van der Waals surface area (Å²) >= 11 is 0. The molecule has 5 nitrogen and oxygen atoms in total. The van der Waals surface area contributed by atoms with Crippen molar-refractivity contribution in [2.24, 2.45) is 0 Å². The molecule has 0 saturated heterocycles. The van der Waals surface area contributed by atoms with Crippen molar-refractivity contribution in [3.63, 3.8) is 0 Å². The number of aryl methyl sites for hydroxylation is 2. The van der Waals surface area contributed by atoms with Crippen LogP contribution >= 0.6 is 0 Å². The number of benzene rings is 2. The zero-order chi connectivity index (χ0) is 20.0. The van der Waals surface area contributed by atoms with Crippen LogP contribution in [-0.2, 0) is 17.6 Å². The SMILES string of the molecule is CCOC(=O)c1cc2ccc(-c3cc4c5c(c3)CCCN5CCC4)cc2oc1=O. The Hall–Kier alpha value is -3.08. The lowest BCUT2D eigenvalue weighted by Crippen LogP contribution is -2.34. The monoisotopic (exact) mass is 389 g/mol. The van der Waals surface area contributed by atoms with Crippen LogP contribution in [0.1, 0.15) is 41.3 Å². The van der Waals surface area contributed by atoms with E-state index in [1.807, 2.05) is 18.2 Å². The molecule has 2 aliphatic rings. The number of ether oxygens (including phenoxy) is 1. The second-order valence-electron chi connectivity index (χ2n) is 7.76. The normalized spacial score (nSPS) is 15.3. The zero-order valence-corrected chi connectivity index (χ0v) is 16.5. The van der Waals surface area contributed by atoms with Crippen molar-refractivity contribution in [2.75, 3.05) is 24.6 Å². The maximum atomic E-state index is 12.3. The number of rotatable bonds is 3. The summed E-state index contributed by atoms with van der Waals surface area (Å²) in [6.45, 7) is 4.23. The van der Waals surface area contributed by atoms with Crippen LogP contribution in [-0.4, -0.2) is 25.7 Å². The number of carbonyl (C=O) groups excluding carboxylic acids is 1. The maximum absolute atomic E-state index is 12.3. The van der Waals surface area contributed by atoms with Crippen LogP contribution in [0.4, 0.5) is 5.69 Å². The molecule has 0 fully saturated rings. The minimum Gasteiger partial charge on any atom is -0.462 e. The van der Waals surface area contributed by atoms with E-state index in [9.17, 15) is 9.59 Å². The maximum Gasteiger partial charge on any atom is 0.351 e. The molecular weight excluding hydrogens is 366 g/mol. The number of fused-ring (bicyclic) bond motifs is 1. The first-order chi connectivity index (χ1) is 14.1. The Balaban J connectivity index is 1.58. The summed E-state index contributed by atoms with van der Waals surface area (Å²) in [6, 6.07) is 11.9. The predicted octanol–water partition coefficient (Wildman–Crippen LogP) is 4.34. The second-order valence-corrected chi connectivity index (χ2v) is 7.76. The summed E-state index contributed by atoms with van der Waals surface area (Å²) in [5.41, 5.74) is 6.21. The van der Waals surface area contributed by atoms with Gasteiger partial charge in [0.1, 0.15) is 11.1 Å². The molecular formula is C24H23NO4. The van der Waals surface area contributed by atoms with Gasteiger partial charge in [0.05, 0.1) is 6.61 Å². The summed E-state index contributed by atoms with van der Waals surface area (Å²) in [7, 11) is 0. The van der Waals surface area contributed by atoms with Crippen molar-refractivity contribution in [3.05, 3.63) is 63.5 Å². The number of hydrogen-bond donors (Lipinski definition) is 0. The number of anilines is 1. The molecule has 3 aromatic rings. The molecule has 0 spiro atoms. The molecule has 0 aliphatic carbocycles. The van der Waals surface area contributed by atoms with Gasteiger partial charge in [-0.25, -0.2) is 9.59 Å². The van der Waals surface area contributed by atoms with Crippen LogP contribution in [0.15, 0.2) is 45.6 Å². The summed E-state index contributed by atoms with van der Waals surface area (Å²) in [6.07, 6.45) is 4.61. The van der Waals surface area contributed by atoms with E-state index < -0.39 is 11.6 Å². The lowest BCUT2D eigenvalue weighted by molar-refractivity contribution is 0.0522. The summed E-state index contributed by atoms with van der Waals surface area (Å²) in [5, 5.41) is 0.710. The first kappa shape index (κ1) is 18.0. The van der Waals surface area contributed by atoms with Crippen molar-refractivity contribution in [2.45, 2.75) is 32.6 Å².